The number of amides is 3. The zero-order chi connectivity index (χ0) is 46.8. The Kier molecular flexibility index (Phi) is 14.7. The van der Waals surface area contributed by atoms with Crippen molar-refractivity contribution in [2.45, 2.75) is 107 Å². The minimum Gasteiger partial charge on any atom is -0.495 e. The molecular weight excluding hydrogens is 921 g/mol. The number of ether oxygens (including phenoxy) is 5. The van der Waals surface area contributed by atoms with Crippen molar-refractivity contribution >= 4 is 64.2 Å². The molecular formula is C45H54ClF2N6O10PS. The normalized spacial score (nSPS) is 25.2. The lowest BCUT2D eigenvalue weighted by atomic mass is 10.1. The molecule has 0 spiro atoms. The van der Waals surface area contributed by atoms with Crippen molar-refractivity contribution in [3.05, 3.63) is 64.0 Å². The average Bonchev–Trinajstić information content (AvgIpc) is 3.69. The number of nitrogens with one attached hydrogen (secondary N) is 3. The Balaban J connectivity index is 1.15. The van der Waals surface area contributed by atoms with Crippen LogP contribution < -0.4 is 25.4 Å². The second kappa shape index (κ2) is 20.3. The number of pyridine rings is 1. The molecule has 21 heteroatoms. The van der Waals surface area contributed by atoms with Crippen molar-refractivity contribution in [3.8, 4) is 22.9 Å². The van der Waals surface area contributed by atoms with Gasteiger partial charge in [-0.1, -0.05) is 17.7 Å². The molecule has 356 valence electrons. The number of carbonyl (C=O) groups is 3. The van der Waals surface area contributed by atoms with Crippen LogP contribution in [0.2, 0.25) is 5.02 Å². The smallest absolute Gasteiger partial charge is 0.408 e. The van der Waals surface area contributed by atoms with Gasteiger partial charge in [-0.25, -0.2) is 23.5 Å². The van der Waals surface area contributed by atoms with Crippen molar-refractivity contribution in [3.63, 3.8) is 0 Å². The molecule has 0 bridgehead atoms. The number of benzene rings is 2. The van der Waals surface area contributed by atoms with E-state index in [-0.39, 0.29) is 63.0 Å². The molecule has 2 saturated carbocycles. The fourth-order valence-electron chi connectivity index (χ4n) is 9.08. The number of fused-ring (bicyclic) bond motifs is 3. The van der Waals surface area contributed by atoms with Crippen LogP contribution in [0, 0.1) is 17.6 Å². The van der Waals surface area contributed by atoms with E-state index in [1.807, 2.05) is 19.2 Å². The van der Waals surface area contributed by atoms with Crippen molar-refractivity contribution in [2.75, 3.05) is 45.4 Å². The molecule has 16 nitrogen and oxygen atoms in total. The molecule has 4 aromatic rings. The summed E-state index contributed by atoms with van der Waals surface area (Å²) >= 11 is 8.25. The van der Waals surface area contributed by atoms with Crippen LogP contribution in [-0.4, -0.2) is 113 Å². The standard InChI is InChI=1S/C45H54ClF2N6O10PS/c1-25(2)49-43-51-35(24-66-43)33-19-38(29-13-14-37(60-3)39(46)40(29)50-33)63-28-18-36-41(55)53-45(65(58,59)23-30-31(47)11-6-12-32(30)48)20-26(45)8-7-15-61-16-17-62-22-34(42(56)54(36)21-28)52-44(57)64-27-9-4-5-10-27/h6,11-14,19,24-28,34,36H,4-5,7-10,15-18,20-23H2,1-3H3,(H,49,51)(H,52,57)(H,53,55)(H,58,59)/t26-,28+,34-,36-,45-/m0/s1. The number of hydrogen-bond acceptors (Lipinski definition) is 13. The molecule has 2 aromatic heterocycles. The second-order valence-electron chi connectivity index (χ2n) is 17.5. The zero-order valence-electron chi connectivity index (χ0n) is 36.9. The molecule has 6 atom stereocenters. The van der Waals surface area contributed by atoms with Crippen LogP contribution in [0.5, 0.6) is 11.5 Å². The Bertz CT molecular complexity index is 2480. The van der Waals surface area contributed by atoms with E-state index in [1.54, 1.807) is 18.2 Å². The Morgan fingerprint density at radius 1 is 1.05 bits per heavy atom. The van der Waals surface area contributed by atoms with Crippen molar-refractivity contribution < 1.29 is 56.3 Å². The third kappa shape index (κ3) is 10.4. The zero-order valence-corrected chi connectivity index (χ0v) is 39.3. The predicted molar refractivity (Wildman–Crippen MR) is 243 cm³/mol. The highest BCUT2D eigenvalue weighted by molar-refractivity contribution is 7.59. The van der Waals surface area contributed by atoms with Crippen molar-refractivity contribution in [1.29, 1.82) is 0 Å². The lowest BCUT2D eigenvalue weighted by molar-refractivity contribution is -0.141. The van der Waals surface area contributed by atoms with Gasteiger partial charge in [0.05, 0.1) is 50.8 Å². The quantitative estimate of drug-likeness (QED) is 0.107. The van der Waals surface area contributed by atoms with Gasteiger partial charge in [-0.15, -0.1) is 11.3 Å². The van der Waals surface area contributed by atoms with Crippen LogP contribution in [0.25, 0.3) is 22.3 Å². The van der Waals surface area contributed by atoms with Crippen LogP contribution in [0.3, 0.4) is 0 Å². The van der Waals surface area contributed by atoms with E-state index >= 15 is 0 Å². The van der Waals surface area contributed by atoms with E-state index in [0.29, 0.717) is 64.6 Å². The van der Waals surface area contributed by atoms with Gasteiger partial charge in [0.25, 0.3) is 0 Å². The SMILES string of the molecule is COc1ccc2c(O[C@@H]3C[C@H]4C(=O)N[C@]5(P(=O)(O)Cc6c(F)cccc6F)C[C@@H]5CCCOCCOC[C@H](NC(=O)OC5CCCC5)C(=O)N4C3)cc(-c3csc(NC(C)C)n3)nc2c1Cl. The number of alkyl carbamates (subject to hydrolysis) is 1. The molecule has 1 unspecified atom stereocenters. The minimum absolute atomic E-state index is 0.0461. The maximum absolute atomic E-state index is 15.0. The number of aromatic nitrogens is 2. The summed E-state index contributed by atoms with van der Waals surface area (Å²) in [6, 6.07) is 5.77. The van der Waals surface area contributed by atoms with Gasteiger partial charge < -0.3 is 49.4 Å². The maximum Gasteiger partial charge on any atom is 0.408 e. The van der Waals surface area contributed by atoms with E-state index < -0.39 is 78.0 Å². The first kappa shape index (κ1) is 47.8. The number of methoxy groups -OCH3 is 1. The fourth-order valence-corrected chi connectivity index (χ4v) is 12.7. The van der Waals surface area contributed by atoms with Crippen LogP contribution in [0.4, 0.5) is 18.7 Å². The second-order valence-corrected chi connectivity index (χ2v) is 21.3. The van der Waals surface area contributed by atoms with Gasteiger partial charge in [0.1, 0.15) is 63.4 Å². The van der Waals surface area contributed by atoms with Gasteiger partial charge in [-0.3, -0.25) is 14.2 Å². The monoisotopic (exact) mass is 974 g/mol. The summed E-state index contributed by atoms with van der Waals surface area (Å²) in [5, 5.41) is 10.3. The van der Waals surface area contributed by atoms with E-state index in [2.05, 4.69) is 16.0 Å². The van der Waals surface area contributed by atoms with E-state index in [9.17, 15) is 32.6 Å². The highest BCUT2D eigenvalue weighted by atomic mass is 35.5. The Morgan fingerprint density at radius 2 is 1.80 bits per heavy atom. The predicted octanol–water partition coefficient (Wildman–Crippen LogP) is 7.63. The molecule has 3 amide bonds. The third-order valence-electron chi connectivity index (χ3n) is 12.5. The number of halogens is 3. The number of anilines is 1. The van der Waals surface area contributed by atoms with Gasteiger partial charge in [-0.2, -0.15) is 0 Å². The van der Waals surface area contributed by atoms with E-state index in [0.717, 1.165) is 31.0 Å². The Hall–Kier alpha value is -4.65. The summed E-state index contributed by atoms with van der Waals surface area (Å²) in [6.07, 6.45) is 1.06. The summed E-state index contributed by atoms with van der Waals surface area (Å²) in [4.78, 5) is 65.7. The molecule has 4 fully saturated rings. The minimum atomic E-state index is -4.63. The number of thiazole rings is 1. The molecule has 2 aliphatic heterocycles. The Labute approximate surface area is 389 Å². The van der Waals surface area contributed by atoms with Crippen molar-refractivity contribution in [2.24, 2.45) is 5.92 Å². The topological polar surface area (TPSA) is 200 Å². The first-order valence-electron chi connectivity index (χ1n) is 22.2. The maximum atomic E-state index is 15.0. The Morgan fingerprint density at radius 3 is 2.55 bits per heavy atom. The average molecular weight is 975 g/mol. The van der Waals surface area contributed by atoms with Gasteiger partial charge in [-0.05, 0) is 89.0 Å². The summed E-state index contributed by atoms with van der Waals surface area (Å²) in [5.74, 6) is -3.32. The number of hydrogen-bond donors (Lipinski definition) is 4. The van der Waals surface area contributed by atoms with Crippen LogP contribution in [0.1, 0.15) is 70.8 Å². The summed E-state index contributed by atoms with van der Waals surface area (Å²) in [7, 11) is -3.14. The summed E-state index contributed by atoms with van der Waals surface area (Å²) < 4.78 is 74.0. The lowest BCUT2D eigenvalue weighted by Crippen LogP contribution is -2.56. The van der Waals surface area contributed by atoms with Gasteiger partial charge >= 0.3 is 6.09 Å². The molecule has 4 heterocycles. The number of rotatable bonds is 11. The molecule has 4 N–H and O–H groups in total. The lowest BCUT2D eigenvalue weighted by Gasteiger charge is -2.31. The molecule has 4 aliphatic rings. The van der Waals surface area contributed by atoms with E-state index in [4.69, 9.17) is 45.3 Å². The summed E-state index contributed by atoms with van der Waals surface area (Å²) in [6.45, 7) is 4.02. The third-order valence-corrected chi connectivity index (χ3v) is 16.3. The first-order valence-corrected chi connectivity index (χ1v) is 25.3. The van der Waals surface area contributed by atoms with Crippen LogP contribution in [0.15, 0.2) is 41.8 Å². The first-order chi connectivity index (χ1) is 31.7. The van der Waals surface area contributed by atoms with Gasteiger partial charge in [0, 0.05) is 41.5 Å². The van der Waals surface area contributed by atoms with E-state index in [1.165, 1.54) is 23.3 Å². The largest absolute Gasteiger partial charge is 0.495 e. The highest BCUT2D eigenvalue weighted by Gasteiger charge is 2.66. The molecule has 2 aliphatic carbocycles. The molecule has 0 radical (unpaired) electrons. The molecule has 66 heavy (non-hydrogen) atoms. The molecule has 2 saturated heterocycles. The van der Waals surface area contributed by atoms with Gasteiger partial charge in [0.2, 0.25) is 19.2 Å². The summed E-state index contributed by atoms with van der Waals surface area (Å²) in [5.41, 5.74) is 0.751. The molecule has 8 rings (SSSR count). The number of nitrogens with zero attached hydrogens (tertiary/aromatic N) is 3. The van der Waals surface area contributed by atoms with Crippen LogP contribution in [-0.2, 0) is 34.5 Å². The number of carbonyl (C=O) groups excluding carboxylic acids is 3. The fraction of sp³-hybridized carbons (Fsp3) is 0.533. The van der Waals surface area contributed by atoms with Gasteiger partial charge in [0.15, 0.2) is 5.13 Å². The van der Waals surface area contributed by atoms with Crippen molar-refractivity contribution in [1.82, 2.24) is 25.5 Å². The highest BCUT2D eigenvalue weighted by Crippen LogP contribution is 2.71. The van der Waals surface area contributed by atoms with Crippen LogP contribution >= 0.6 is 30.3 Å². The molecule has 2 aromatic carbocycles.